The van der Waals surface area contributed by atoms with E-state index < -0.39 is 5.91 Å². The first-order valence-corrected chi connectivity index (χ1v) is 3.79. The Morgan fingerprint density at radius 2 is 1.92 bits per heavy atom. The summed E-state index contributed by atoms with van der Waals surface area (Å²) in [6.45, 7) is 0. The molecule has 0 atom stereocenters. The van der Waals surface area contributed by atoms with E-state index in [0.29, 0.717) is 5.02 Å². The van der Waals surface area contributed by atoms with Crippen LogP contribution in [0, 0.1) is 0 Å². The SMILES string of the molecule is NC(=O)/C=C/c1ccc(Cl)cc1. The molecule has 0 unspecified atom stereocenters. The smallest absolute Gasteiger partial charge is 0.241 e. The topological polar surface area (TPSA) is 43.1 Å². The average molecular weight is 182 g/mol. The monoisotopic (exact) mass is 181 g/mol. The summed E-state index contributed by atoms with van der Waals surface area (Å²) >= 11 is 5.66. The van der Waals surface area contributed by atoms with E-state index in [2.05, 4.69) is 0 Å². The van der Waals surface area contributed by atoms with Crippen LogP contribution in [0.25, 0.3) is 6.08 Å². The van der Waals surface area contributed by atoms with E-state index >= 15 is 0 Å². The lowest BCUT2D eigenvalue weighted by Gasteiger charge is -1.91. The summed E-state index contributed by atoms with van der Waals surface area (Å²) in [5.41, 5.74) is 5.82. The van der Waals surface area contributed by atoms with Crippen molar-refractivity contribution in [3.05, 3.63) is 40.9 Å². The van der Waals surface area contributed by atoms with Crippen LogP contribution >= 0.6 is 11.6 Å². The summed E-state index contributed by atoms with van der Waals surface area (Å²) in [6.07, 6.45) is 2.95. The highest BCUT2D eigenvalue weighted by molar-refractivity contribution is 6.30. The van der Waals surface area contributed by atoms with Gasteiger partial charge in [0.1, 0.15) is 0 Å². The van der Waals surface area contributed by atoms with Gasteiger partial charge in [-0.05, 0) is 23.8 Å². The first kappa shape index (κ1) is 8.81. The van der Waals surface area contributed by atoms with Crippen molar-refractivity contribution in [2.75, 3.05) is 0 Å². The maximum atomic E-state index is 10.3. The van der Waals surface area contributed by atoms with E-state index in [4.69, 9.17) is 17.3 Å². The van der Waals surface area contributed by atoms with Gasteiger partial charge in [0.2, 0.25) is 5.91 Å². The fourth-order valence-corrected chi connectivity index (χ4v) is 0.878. The summed E-state index contributed by atoms with van der Waals surface area (Å²) in [5.74, 6) is -0.454. The second-order valence-corrected chi connectivity index (χ2v) is 2.72. The molecule has 3 heteroatoms. The van der Waals surface area contributed by atoms with Crippen molar-refractivity contribution < 1.29 is 4.79 Å². The molecule has 0 aromatic heterocycles. The average Bonchev–Trinajstić information content (AvgIpc) is 2.03. The largest absolute Gasteiger partial charge is 0.366 e. The van der Waals surface area contributed by atoms with Gasteiger partial charge in [-0.3, -0.25) is 4.79 Å². The third-order valence-corrected chi connectivity index (χ3v) is 1.56. The van der Waals surface area contributed by atoms with Crippen LogP contribution in [0.2, 0.25) is 5.02 Å². The number of amides is 1. The van der Waals surface area contributed by atoms with E-state index in [1.807, 2.05) is 12.1 Å². The van der Waals surface area contributed by atoms with Gasteiger partial charge in [-0.1, -0.05) is 23.7 Å². The van der Waals surface area contributed by atoms with Crippen molar-refractivity contribution in [3.63, 3.8) is 0 Å². The van der Waals surface area contributed by atoms with Crippen LogP contribution in [0.4, 0.5) is 0 Å². The lowest BCUT2D eigenvalue weighted by Crippen LogP contribution is -2.04. The quantitative estimate of drug-likeness (QED) is 0.696. The number of benzene rings is 1. The predicted molar refractivity (Wildman–Crippen MR) is 49.7 cm³/mol. The van der Waals surface area contributed by atoms with Gasteiger partial charge < -0.3 is 5.73 Å². The molecule has 2 N–H and O–H groups in total. The van der Waals surface area contributed by atoms with Gasteiger partial charge in [0, 0.05) is 11.1 Å². The molecule has 1 rings (SSSR count). The highest BCUT2D eigenvalue weighted by Gasteiger charge is 1.88. The highest BCUT2D eigenvalue weighted by atomic mass is 35.5. The Labute approximate surface area is 75.6 Å². The van der Waals surface area contributed by atoms with Gasteiger partial charge in [0.15, 0.2) is 0 Å². The molecular weight excluding hydrogens is 174 g/mol. The number of carbonyl (C=O) groups excluding carboxylic acids is 1. The number of halogens is 1. The van der Waals surface area contributed by atoms with Crippen LogP contribution in [-0.4, -0.2) is 5.91 Å². The molecular formula is C9H8ClNO. The Morgan fingerprint density at radius 3 is 2.42 bits per heavy atom. The van der Waals surface area contributed by atoms with Crippen LogP contribution in [0.15, 0.2) is 30.3 Å². The van der Waals surface area contributed by atoms with Crippen molar-refractivity contribution in [3.8, 4) is 0 Å². The van der Waals surface area contributed by atoms with E-state index in [1.54, 1.807) is 18.2 Å². The zero-order chi connectivity index (χ0) is 8.97. The molecule has 0 heterocycles. The molecule has 0 fully saturated rings. The summed E-state index contributed by atoms with van der Waals surface area (Å²) in [5, 5.41) is 0.672. The molecule has 0 aliphatic carbocycles. The number of hydrogen-bond acceptors (Lipinski definition) is 1. The minimum Gasteiger partial charge on any atom is -0.366 e. The number of nitrogens with two attached hydrogens (primary N) is 1. The fourth-order valence-electron chi connectivity index (χ4n) is 0.752. The molecule has 0 spiro atoms. The van der Waals surface area contributed by atoms with Crippen LogP contribution in [0.5, 0.6) is 0 Å². The molecule has 0 aliphatic heterocycles. The van der Waals surface area contributed by atoms with Gasteiger partial charge in [-0.2, -0.15) is 0 Å². The first-order chi connectivity index (χ1) is 5.68. The molecule has 1 aromatic carbocycles. The summed E-state index contributed by atoms with van der Waals surface area (Å²) in [4.78, 5) is 10.3. The van der Waals surface area contributed by atoms with Crippen molar-refractivity contribution in [1.82, 2.24) is 0 Å². The van der Waals surface area contributed by atoms with Crippen molar-refractivity contribution in [1.29, 1.82) is 0 Å². The minimum atomic E-state index is -0.454. The molecule has 62 valence electrons. The number of hydrogen-bond donors (Lipinski definition) is 1. The van der Waals surface area contributed by atoms with E-state index in [-0.39, 0.29) is 0 Å². The van der Waals surface area contributed by atoms with Gasteiger partial charge in [-0.15, -0.1) is 0 Å². The maximum Gasteiger partial charge on any atom is 0.241 e. The Morgan fingerprint density at radius 1 is 1.33 bits per heavy atom. The van der Waals surface area contributed by atoms with E-state index in [9.17, 15) is 4.79 Å². The first-order valence-electron chi connectivity index (χ1n) is 3.41. The third kappa shape index (κ3) is 2.76. The van der Waals surface area contributed by atoms with Gasteiger partial charge in [0.25, 0.3) is 0 Å². The zero-order valence-electron chi connectivity index (χ0n) is 6.33. The van der Waals surface area contributed by atoms with Gasteiger partial charge >= 0.3 is 0 Å². The van der Waals surface area contributed by atoms with E-state index in [0.717, 1.165) is 5.56 Å². The second-order valence-electron chi connectivity index (χ2n) is 2.29. The minimum absolute atomic E-state index is 0.454. The highest BCUT2D eigenvalue weighted by Crippen LogP contribution is 2.10. The number of primary amides is 1. The third-order valence-electron chi connectivity index (χ3n) is 1.31. The summed E-state index contributed by atoms with van der Waals surface area (Å²) < 4.78 is 0. The fraction of sp³-hybridized carbons (Fsp3) is 0. The van der Waals surface area contributed by atoms with Gasteiger partial charge in [0.05, 0.1) is 0 Å². The lowest BCUT2D eigenvalue weighted by atomic mass is 10.2. The molecule has 0 bridgehead atoms. The van der Waals surface area contributed by atoms with Crippen LogP contribution < -0.4 is 5.73 Å². The van der Waals surface area contributed by atoms with Crippen LogP contribution in [-0.2, 0) is 4.79 Å². The standard InChI is InChI=1S/C9H8ClNO/c10-8-4-1-7(2-5-8)3-6-9(11)12/h1-6H,(H2,11,12)/b6-3+. The molecule has 0 aliphatic rings. The molecule has 12 heavy (non-hydrogen) atoms. The summed E-state index contributed by atoms with van der Waals surface area (Å²) in [6, 6.07) is 7.12. The number of rotatable bonds is 2. The van der Waals surface area contributed by atoms with Crippen molar-refractivity contribution in [2.45, 2.75) is 0 Å². The molecule has 1 aromatic rings. The van der Waals surface area contributed by atoms with Crippen molar-refractivity contribution in [2.24, 2.45) is 5.73 Å². The molecule has 0 saturated carbocycles. The summed E-state index contributed by atoms with van der Waals surface area (Å²) in [7, 11) is 0. The lowest BCUT2D eigenvalue weighted by molar-refractivity contribution is -0.113. The molecule has 2 nitrogen and oxygen atoms in total. The zero-order valence-corrected chi connectivity index (χ0v) is 7.08. The Balaban J connectivity index is 2.77. The maximum absolute atomic E-state index is 10.3. The number of carbonyl (C=O) groups is 1. The second kappa shape index (κ2) is 3.93. The Hall–Kier alpha value is -1.28. The Kier molecular flexibility index (Phi) is 2.88. The normalized spacial score (nSPS) is 10.4. The predicted octanol–water partition coefficient (Wildman–Crippen LogP) is 1.84. The van der Waals surface area contributed by atoms with E-state index in [1.165, 1.54) is 6.08 Å². The van der Waals surface area contributed by atoms with Crippen molar-refractivity contribution >= 4 is 23.6 Å². The molecule has 1 amide bonds. The van der Waals surface area contributed by atoms with Gasteiger partial charge in [-0.25, -0.2) is 0 Å². The molecule has 0 radical (unpaired) electrons. The van der Waals surface area contributed by atoms with Crippen LogP contribution in [0.1, 0.15) is 5.56 Å². The Bertz CT molecular complexity index is 303. The van der Waals surface area contributed by atoms with Crippen LogP contribution in [0.3, 0.4) is 0 Å². The molecule has 0 saturated heterocycles.